The van der Waals surface area contributed by atoms with Gasteiger partial charge in [0.05, 0.1) is 0 Å². The molecule has 7 unspecified atom stereocenters. The van der Waals surface area contributed by atoms with Crippen molar-refractivity contribution in [3.63, 3.8) is 0 Å². The lowest BCUT2D eigenvalue weighted by Gasteiger charge is -2.63. The van der Waals surface area contributed by atoms with Crippen molar-refractivity contribution < 1.29 is 28.2 Å². The van der Waals surface area contributed by atoms with Gasteiger partial charge in [-0.1, -0.05) is 19.4 Å². The number of allylic oxidation sites excluding steroid dienone is 1. The molecule has 0 aromatic rings. The van der Waals surface area contributed by atoms with E-state index >= 15 is 0 Å². The van der Waals surface area contributed by atoms with Gasteiger partial charge in [-0.3, -0.25) is 4.79 Å². The normalized spacial score (nSPS) is 51.5. The van der Waals surface area contributed by atoms with Gasteiger partial charge in [0, 0.05) is 17.9 Å². The van der Waals surface area contributed by atoms with Crippen molar-refractivity contribution in [1.29, 1.82) is 0 Å². The van der Waals surface area contributed by atoms with E-state index in [2.05, 4.69) is 33.5 Å². The zero-order valence-electron chi connectivity index (χ0n) is 20.9. The van der Waals surface area contributed by atoms with Crippen LogP contribution in [0, 0.1) is 28.6 Å². The SMILES string of the molecule is CC12CCC(=O)C=C1CCC1C2C(O[Si](C)(C)C)CC2(C)C1CC[C@@]21OCOC12COCO2. The number of ketones is 1. The van der Waals surface area contributed by atoms with E-state index in [0.29, 0.717) is 36.6 Å². The molecule has 0 bridgehead atoms. The van der Waals surface area contributed by atoms with Crippen molar-refractivity contribution in [2.75, 3.05) is 20.2 Å². The van der Waals surface area contributed by atoms with Gasteiger partial charge in [0.2, 0.25) is 5.79 Å². The predicted octanol–water partition coefficient (Wildman–Crippen LogP) is 4.79. The van der Waals surface area contributed by atoms with Gasteiger partial charge in [0.15, 0.2) is 27.7 Å². The number of ether oxygens (including phenoxy) is 4. The number of hydrogen-bond donors (Lipinski definition) is 0. The molecule has 0 N–H and O–H groups in total. The van der Waals surface area contributed by atoms with Crippen molar-refractivity contribution in [1.82, 2.24) is 0 Å². The molecule has 6 aliphatic rings. The maximum Gasteiger partial charge on any atom is 0.226 e. The summed E-state index contributed by atoms with van der Waals surface area (Å²) in [5, 5.41) is 0. The smallest absolute Gasteiger partial charge is 0.226 e. The van der Waals surface area contributed by atoms with Gasteiger partial charge in [-0.2, -0.15) is 0 Å². The Kier molecular flexibility index (Phi) is 5.01. The fourth-order valence-corrected chi connectivity index (χ4v) is 10.3. The fourth-order valence-electron chi connectivity index (χ4n) is 9.19. The van der Waals surface area contributed by atoms with E-state index < -0.39 is 19.7 Å². The Morgan fingerprint density at radius 1 is 1.03 bits per heavy atom. The van der Waals surface area contributed by atoms with Crippen LogP contribution < -0.4 is 0 Å². The second kappa shape index (κ2) is 7.23. The third kappa shape index (κ3) is 2.99. The molecule has 2 aliphatic heterocycles. The largest absolute Gasteiger partial charge is 0.414 e. The third-order valence-corrected chi connectivity index (χ3v) is 11.4. The minimum atomic E-state index is -1.81. The lowest BCUT2D eigenvalue weighted by molar-refractivity contribution is -0.256. The minimum absolute atomic E-state index is 0.0515. The zero-order chi connectivity index (χ0) is 23.3. The van der Waals surface area contributed by atoms with Crippen LogP contribution in [0.1, 0.15) is 58.8 Å². The molecule has 0 aromatic heterocycles. The molecule has 8 atom stereocenters. The highest BCUT2D eigenvalue weighted by Crippen LogP contribution is 2.72. The molecule has 3 saturated carbocycles. The van der Waals surface area contributed by atoms with Crippen molar-refractivity contribution in [2.45, 2.75) is 95.9 Å². The number of hydrogen-bond acceptors (Lipinski definition) is 6. The Balaban J connectivity index is 1.45. The van der Waals surface area contributed by atoms with Gasteiger partial charge in [-0.05, 0) is 87.4 Å². The molecule has 6 rings (SSSR count). The highest BCUT2D eigenvalue weighted by molar-refractivity contribution is 6.69. The summed E-state index contributed by atoms with van der Waals surface area (Å²) in [6.45, 7) is 12.8. The number of carbonyl (C=O) groups is 1. The first-order chi connectivity index (χ1) is 15.5. The standard InChI is InChI=1S/C26H40O6Si/c1-23-10-8-18(27)12-17(23)6-7-19-20-9-11-25(26(31-16-29-25)14-28-15-30-26)24(20,2)13-21(22(19)23)32-33(3,4)5/h12,19-22H,6-11,13-16H2,1-5H3/t19?,20?,21?,22?,23?,24?,25-,26?/m1/s1. The Labute approximate surface area is 198 Å². The molecule has 6 nitrogen and oxygen atoms in total. The van der Waals surface area contributed by atoms with Crippen LogP contribution in [0.5, 0.6) is 0 Å². The Morgan fingerprint density at radius 3 is 2.55 bits per heavy atom. The fraction of sp³-hybridized carbons (Fsp3) is 0.885. The second-order valence-corrected chi connectivity index (χ2v) is 17.4. The summed E-state index contributed by atoms with van der Waals surface area (Å²) < 4.78 is 31.8. The van der Waals surface area contributed by atoms with Crippen LogP contribution in [0.25, 0.3) is 0 Å². The molecular formula is C26H40O6Si. The molecule has 2 saturated heterocycles. The molecule has 4 aliphatic carbocycles. The highest BCUT2D eigenvalue weighted by atomic mass is 28.4. The average Bonchev–Trinajstić information content (AvgIpc) is 3.42. The lowest BCUT2D eigenvalue weighted by Crippen LogP contribution is -2.67. The third-order valence-electron chi connectivity index (χ3n) is 10.4. The van der Waals surface area contributed by atoms with Gasteiger partial charge in [-0.25, -0.2) is 0 Å². The molecule has 0 radical (unpaired) electrons. The molecule has 33 heavy (non-hydrogen) atoms. The van der Waals surface area contributed by atoms with Gasteiger partial charge >= 0.3 is 0 Å². The van der Waals surface area contributed by atoms with E-state index in [1.165, 1.54) is 5.57 Å². The van der Waals surface area contributed by atoms with Crippen LogP contribution >= 0.6 is 0 Å². The van der Waals surface area contributed by atoms with Crippen LogP contribution in [0.2, 0.25) is 19.6 Å². The van der Waals surface area contributed by atoms with Crippen molar-refractivity contribution >= 4 is 14.1 Å². The Hall–Kier alpha value is -0.573. The zero-order valence-corrected chi connectivity index (χ0v) is 21.9. The summed E-state index contributed by atoms with van der Waals surface area (Å²) in [5.41, 5.74) is 0.831. The molecule has 0 aromatic carbocycles. The quantitative estimate of drug-likeness (QED) is 0.534. The van der Waals surface area contributed by atoms with E-state index in [9.17, 15) is 4.79 Å². The summed E-state index contributed by atoms with van der Waals surface area (Å²) in [6, 6.07) is 0. The first kappa shape index (κ1) is 22.9. The van der Waals surface area contributed by atoms with Crippen LogP contribution in [0.3, 0.4) is 0 Å². The predicted molar refractivity (Wildman–Crippen MR) is 125 cm³/mol. The monoisotopic (exact) mass is 476 g/mol. The van der Waals surface area contributed by atoms with Gasteiger partial charge in [-0.15, -0.1) is 0 Å². The first-order valence-corrected chi connectivity index (χ1v) is 16.4. The molecule has 7 heteroatoms. The topological polar surface area (TPSA) is 63.2 Å². The van der Waals surface area contributed by atoms with E-state index in [1.54, 1.807) is 0 Å². The summed E-state index contributed by atoms with van der Waals surface area (Å²) in [4.78, 5) is 12.3. The number of fused-ring (bicyclic) bond motifs is 7. The van der Waals surface area contributed by atoms with Gasteiger partial charge < -0.3 is 23.4 Å². The second-order valence-electron chi connectivity index (χ2n) is 12.9. The molecular weight excluding hydrogens is 436 g/mol. The van der Waals surface area contributed by atoms with E-state index in [4.69, 9.17) is 23.4 Å². The summed E-state index contributed by atoms with van der Waals surface area (Å²) in [7, 11) is -1.81. The van der Waals surface area contributed by atoms with E-state index in [1.807, 2.05) is 6.08 Å². The van der Waals surface area contributed by atoms with E-state index in [0.717, 1.165) is 38.5 Å². The summed E-state index contributed by atoms with van der Waals surface area (Å²) >= 11 is 0. The van der Waals surface area contributed by atoms with Crippen LogP contribution in [-0.4, -0.2) is 51.8 Å². The maximum atomic E-state index is 12.3. The molecule has 5 fully saturated rings. The number of carbonyl (C=O) groups excluding carboxylic acids is 1. The van der Waals surface area contributed by atoms with Crippen molar-refractivity contribution in [3.05, 3.63) is 11.6 Å². The summed E-state index contributed by atoms with van der Waals surface area (Å²) in [6.07, 6.45) is 8.95. The summed E-state index contributed by atoms with van der Waals surface area (Å²) in [5.74, 6) is 1.05. The van der Waals surface area contributed by atoms with Crippen molar-refractivity contribution in [3.8, 4) is 0 Å². The number of rotatable bonds is 2. The average molecular weight is 477 g/mol. The van der Waals surface area contributed by atoms with E-state index in [-0.39, 0.29) is 30.5 Å². The Bertz CT molecular complexity index is 869. The highest BCUT2D eigenvalue weighted by Gasteiger charge is 2.77. The van der Waals surface area contributed by atoms with Crippen LogP contribution in [-0.2, 0) is 28.2 Å². The van der Waals surface area contributed by atoms with Gasteiger partial charge in [0.25, 0.3) is 0 Å². The van der Waals surface area contributed by atoms with Crippen molar-refractivity contribution in [2.24, 2.45) is 28.6 Å². The first-order valence-electron chi connectivity index (χ1n) is 13.0. The Morgan fingerprint density at radius 2 is 1.82 bits per heavy atom. The van der Waals surface area contributed by atoms with Crippen LogP contribution in [0.15, 0.2) is 11.6 Å². The lowest BCUT2D eigenvalue weighted by atomic mass is 9.45. The van der Waals surface area contributed by atoms with Crippen LogP contribution in [0.4, 0.5) is 0 Å². The molecule has 2 heterocycles. The minimum Gasteiger partial charge on any atom is -0.414 e. The maximum absolute atomic E-state index is 12.3. The molecule has 0 amide bonds. The van der Waals surface area contributed by atoms with Gasteiger partial charge in [0.1, 0.15) is 12.2 Å². The molecule has 184 valence electrons. The molecule has 2 spiro atoms.